The normalized spacial score (nSPS) is 13.9. The first-order valence-corrected chi connectivity index (χ1v) is 11.4. The van der Waals surface area contributed by atoms with Crippen molar-refractivity contribution in [1.29, 1.82) is 0 Å². The lowest BCUT2D eigenvalue weighted by Crippen LogP contribution is -2.49. The zero-order valence-corrected chi connectivity index (χ0v) is 19.3. The Morgan fingerprint density at radius 1 is 0.912 bits per heavy atom. The van der Waals surface area contributed by atoms with Crippen molar-refractivity contribution in [1.82, 2.24) is 9.88 Å². The average Bonchev–Trinajstić information content (AvgIpc) is 2.89. The number of fused-ring (bicyclic) bond motifs is 1. The summed E-state index contributed by atoms with van der Waals surface area (Å²) in [6.45, 7) is 4.57. The molecule has 0 aliphatic carbocycles. The molecule has 1 aliphatic rings. The lowest BCUT2D eigenvalue weighted by molar-refractivity contribution is 0.0748. The summed E-state index contributed by atoms with van der Waals surface area (Å²) in [5.41, 5.74) is 5.09. The fourth-order valence-electron chi connectivity index (χ4n) is 4.59. The zero-order chi connectivity index (χ0) is 23.7. The van der Waals surface area contributed by atoms with Gasteiger partial charge < -0.3 is 14.5 Å². The van der Waals surface area contributed by atoms with Gasteiger partial charge in [0.1, 0.15) is 11.6 Å². The number of rotatable bonds is 4. The maximum atomic E-state index is 13.8. The highest BCUT2D eigenvalue weighted by Crippen LogP contribution is 2.32. The Morgan fingerprint density at radius 3 is 2.26 bits per heavy atom. The van der Waals surface area contributed by atoms with Gasteiger partial charge in [-0.15, -0.1) is 0 Å². The summed E-state index contributed by atoms with van der Waals surface area (Å²) in [6, 6.07) is 22.1. The van der Waals surface area contributed by atoms with Crippen LogP contribution in [0, 0.1) is 12.7 Å². The second-order valence-corrected chi connectivity index (χ2v) is 8.46. The maximum absolute atomic E-state index is 13.8. The number of hydrogen-bond donors (Lipinski definition) is 0. The van der Waals surface area contributed by atoms with Crippen LogP contribution in [0.3, 0.4) is 0 Å². The highest BCUT2D eigenvalue weighted by molar-refractivity contribution is 6.09. The molecule has 0 spiro atoms. The Morgan fingerprint density at radius 2 is 1.59 bits per heavy atom. The van der Waals surface area contributed by atoms with Crippen molar-refractivity contribution in [3.05, 3.63) is 89.7 Å². The highest BCUT2D eigenvalue weighted by Gasteiger charge is 2.26. The molecule has 0 saturated carbocycles. The largest absolute Gasteiger partial charge is 0.497 e. The number of pyridine rings is 1. The van der Waals surface area contributed by atoms with Gasteiger partial charge in [-0.1, -0.05) is 18.2 Å². The zero-order valence-electron chi connectivity index (χ0n) is 19.3. The molecule has 0 N–H and O–H groups in total. The highest BCUT2D eigenvalue weighted by atomic mass is 19.1. The van der Waals surface area contributed by atoms with Gasteiger partial charge in [0.05, 0.1) is 23.9 Å². The summed E-state index contributed by atoms with van der Waals surface area (Å²) in [5, 5.41) is 0.864. The number of aromatic nitrogens is 1. The smallest absolute Gasteiger partial charge is 0.255 e. The van der Waals surface area contributed by atoms with Crippen molar-refractivity contribution in [2.75, 3.05) is 38.2 Å². The van der Waals surface area contributed by atoms with E-state index in [1.54, 1.807) is 19.2 Å². The quantitative estimate of drug-likeness (QED) is 0.418. The molecule has 0 bridgehead atoms. The number of methoxy groups -OCH3 is 1. The fraction of sp³-hybridized carbons (Fsp3) is 0.214. The summed E-state index contributed by atoms with van der Waals surface area (Å²) < 4.78 is 18.6. The van der Waals surface area contributed by atoms with Crippen LogP contribution in [0.15, 0.2) is 72.8 Å². The van der Waals surface area contributed by atoms with Gasteiger partial charge in [0.15, 0.2) is 0 Å². The van der Waals surface area contributed by atoms with Gasteiger partial charge in [-0.3, -0.25) is 4.79 Å². The van der Waals surface area contributed by atoms with Crippen molar-refractivity contribution in [3.8, 4) is 17.0 Å². The molecule has 6 heteroatoms. The molecule has 1 aromatic heterocycles. The minimum absolute atomic E-state index is 0.0182. The minimum Gasteiger partial charge on any atom is -0.497 e. The van der Waals surface area contributed by atoms with Crippen LogP contribution >= 0.6 is 0 Å². The molecule has 1 amide bonds. The summed E-state index contributed by atoms with van der Waals surface area (Å²) in [7, 11) is 1.64. The predicted octanol–water partition coefficient (Wildman–Crippen LogP) is 5.32. The van der Waals surface area contributed by atoms with E-state index in [9.17, 15) is 9.18 Å². The maximum Gasteiger partial charge on any atom is 0.255 e. The molecular formula is C28H26FN3O2. The number of halogens is 1. The van der Waals surface area contributed by atoms with Crippen LogP contribution in [0.1, 0.15) is 15.9 Å². The molecule has 3 aromatic carbocycles. The Balaban J connectivity index is 1.47. The van der Waals surface area contributed by atoms with Crippen molar-refractivity contribution < 1.29 is 13.9 Å². The molecule has 0 unspecified atom stereocenters. The lowest BCUT2D eigenvalue weighted by atomic mass is 9.96. The monoisotopic (exact) mass is 455 g/mol. The summed E-state index contributed by atoms with van der Waals surface area (Å²) in [6.07, 6.45) is 0. The van der Waals surface area contributed by atoms with Gasteiger partial charge in [-0.2, -0.15) is 0 Å². The Labute approximate surface area is 198 Å². The summed E-state index contributed by atoms with van der Waals surface area (Å²) in [4.78, 5) is 22.8. The van der Waals surface area contributed by atoms with Crippen molar-refractivity contribution >= 4 is 22.5 Å². The number of hydrogen-bond acceptors (Lipinski definition) is 4. The molecule has 4 aromatic rings. The van der Waals surface area contributed by atoms with Gasteiger partial charge >= 0.3 is 0 Å². The first-order chi connectivity index (χ1) is 16.5. The van der Waals surface area contributed by atoms with Gasteiger partial charge in [0, 0.05) is 42.8 Å². The number of anilines is 1. The SMILES string of the molecule is COc1ccc(-c2nc3ccccc3c(C(=O)N3CCN(c4ccc(F)cc4)CC3)c2C)cc1. The van der Waals surface area contributed by atoms with Gasteiger partial charge in [-0.05, 0) is 67.1 Å². The number of carbonyl (C=O) groups excluding carboxylic acids is 1. The van der Waals surface area contributed by atoms with E-state index >= 15 is 0 Å². The van der Waals surface area contributed by atoms with E-state index < -0.39 is 0 Å². The van der Waals surface area contributed by atoms with Crippen LogP contribution in [0.4, 0.5) is 10.1 Å². The molecule has 5 rings (SSSR count). The molecule has 2 heterocycles. The van der Waals surface area contributed by atoms with Crippen LogP contribution in [0.25, 0.3) is 22.2 Å². The minimum atomic E-state index is -0.245. The lowest BCUT2D eigenvalue weighted by Gasteiger charge is -2.36. The molecular weight excluding hydrogens is 429 g/mol. The van der Waals surface area contributed by atoms with E-state index in [0.717, 1.165) is 39.2 Å². The van der Waals surface area contributed by atoms with E-state index in [2.05, 4.69) is 4.90 Å². The van der Waals surface area contributed by atoms with Crippen LogP contribution in [-0.2, 0) is 0 Å². The second kappa shape index (κ2) is 9.14. The average molecular weight is 456 g/mol. The Kier molecular flexibility index (Phi) is 5.88. The van der Waals surface area contributed by atoms with Crippen molar-refractivity contribution in [2.24, 2.45) is 0 Å². The third-order valence-electron chi connectivity index (χ3n) is 6.47. The number of para-hydroxylation sites is 1. The van der Waals surface area contributed by atoms with Gasteiger partial charge in [0.25, 0.3) is 5.91 Å². The van der Waals surface area contributed by atoms with E-state index in [-0.39, 0.29) is 11.7 Å². The topological polar surface area (TPSA) is 45.7 Å². The molecule has 1 aliphatic heterocycles. The van der Waals surface area contributed by atoms with Gasteiger partial charge in [-0.25, -0.2) is 9.37 Å². The molecule has 172 valence electrons. The van der Waals surface area contributed by atoms with E-state index in [0.29, 0.717) is 31.7 Å². The number of nitrogens with zero attached hydrogens (tertiary/aromatic N) is 3. The van der Waals surface area contributed by atoms with Crippen molar-refractivity contribution in [2.45, 2.75) is 6.92 Å². The summed E-state index contributed by atoms with van der Waals surface area (Å²) >= 11 is 0. The third-order valence-corrected chi connectivity index (χ3v) is 6.47. The third kappa shape index (κ3) is 4.07. The molecule has 34 heavy (non-hydrogen) atoms. The molecule has 0 radical (unpaired) electrons. The fourth-order valence-corrected chi connectivity index (χ4v) is 4.59. The predicted molar refractivity (Wildman–Crippen MR) is 133 cm³/mol. The number of carbonyl (C=O) groups is 1. The number of ether oxygens (including phenoxy) is 1. The second-order valence-electron chi connectivity index (χ2n) is 8.46. The molecule has 0 atom stereocenters. The number of benzene rings is 3. The van der Waals surface area contributed by atoms with E-state index in [1.165, 1.54) is 12.1 Å². The first-order valence-electron chi connectivity index (χ1n) is 11.4. The number of piperazine rings is 1. The molecule has 1 saturated heterocycles. The van der Waals surface area contributed by atoms with Crippen LogP contribution in [-0.4, -0.2) is 49.1 Å². The number of amides is 1. The van der Waals surface area contributed by atoms with Crippen LogP contribution in [0.2, 0.25) is 0 Å². The first kappa shape index (κ1) is 21.9. The Hall–Kier alpha value is -3.93. The van der Waals surface area contributed by atoms with Gasteiger partial charge in [0.2, 0.25) is 0 Å². The van der Waals surface area contributed by atoms with E-state index in [4.69, 9.17) is 9.72 Å². The van der Waals surface area contributed by atoms with Crippen LogP contribution < -0.4 is 9.64 Å². The van der Waals surface area contributed by atoms with Crippen LogP contribution in [0.5, 0.6) is 5.75 Å². The standard InChI is InChI=1S/C28H26FN3O2/c1-19-26(28(33)32-17-15-31(16-18-32)22-11-9-21(29)10-12-22)24-5-3-4-6-25(24)30-27(19)20-7-13-23(34-2)14-8-20/h3-14H,15-18H2,1-2H3. The Bertz CT molecular complexity index is 1330. The molecule has 5 nitrogen and oxygen atoms in total. The van der Waals surface area contributed by atoms with Crippen molar-refractivity contribution in [3.63, 3.8) is 0 Å². The van der Waals surface area contributed by atoms with E-state index in [1.807, 2.05) is 60.4 Å². The summed E-state index contributed by atoms with van der Waals surface area (Å²) in [5.74, 6) is 0.549. The molecule has 1 fully saturated rings.